The van der Waals surface area contributed by atoms with Gasteiger partial charge in [0.2, 0.25) is 0 Å². The molecule has 5 aromatic carbocycles. The molecule has 0 radical (unpaired) electrons. The maximum Gasteiger partial charge on any atom is 0.0181 e. The summed E-state index contributed by atoms with van der Waals surface area (Å²) >= 11 is 3.60. The summed E-state index contributed by atoms with van der Waals surface area (Å²) < 4.78 is 1.10. The van der Waals surface area contributed by atoms with Gasteiger partial charge in [-0.3, -0.25) is 0 Å². The number of hydrogen-bond acceptors (Lipinski definition) is 0. The van der Waals surface area contributed by atoms with Crippen molar-refractivity contribution in [1.29, 1.82) is 0 Å². The van der Waals surface area contributed by atoms with Crippen molar-refractivity contribution in [3.8, 4) is 11.1 Å². The molecule has 0 saturated carbocycles. The summed E-state index contributed by atoms with van der Waals surface area (Å²) in [5.41, 5.74) is 5.19. The lowest BCUT2D eigenvalue weighted by Crippen LogP contribution is -1.92. The Balaban J connectivity index is 1.74. The Hall–Kier alpha value is -2.90. The van der Waals surface area contributed by atoms with Crippen molar-refractivity contribution >= 4 is 37.5 Å². The number of fused-ring (bicyclic) bond motifs is 3. The van der Waals surface area contributed by atoms with Gasteiger partial charge >= 0.3 is 0 Å². The molecule has 1 heteroatoms. The fraction of sp³-hybridized carbons (Fsp3) is 0.0370. The average molecular weight is 423 g/mol. The van der Waals surface area contributed by atoms with Gasteiger partial charge in [-0.05, 0) is 68.4 Å². The van der Waals surface area contributed by atoms with Gasteiger partial charge in [-0.1, -0.05) is 101 Å². The molecule has 0 spiro atoms. The SMILES string of the molecule is Brc1cccc(-c2ccc3c(Cc4ccccc4)cc4ccccc4c3c2)c1. The van der Waals surface area contributed by atoms with Crippen LogP contribution in [0.2, 0.25) is 0 Å². The number of halogens is 1. The van der Waals surface area contributed by atoms with E-state index in [1.165, 1.54) is 43.8 Å². The van der Waals surface area contributed by atoms with E-state index >= 15 is 0 Å². The van der Waals surface area contributed by atoms with Crippen LogP contribution in [-0.2, 0) is 6.42 Å². The fourth-order valence-electron chi connectivity index (χ4n) is 3.99. The van der Waals surface area contributed by atoms with Crippen LogP contribution in [0.15, 0.2) is 108 Å². The Morgan fingerprint density at radius 2 is 1.32 bits per heavy atom. The minimum Gasteiger partial charge on any atom is -0.0622 e. The van der Waals surface area contributed by atoms with E-state index in [2.05, 4.69) is 119 Å². The summed E-state index contributed by atoms with van der Waals surface area (Å²) in [5.74, 6) is 0. The van der Waals surface area contributed by atoms with Crippen LogP contribution in [0.1, 0.15) is 11.1 Å². The quantitative estimate of drug-likeness (QED) is 0.258. The predicted octanol–water partition coefficient (Wildman–Crippen LogP) is 8.01. The van der Waals surface area contributed by atoms with E-state index in [0.717, 1.165) is 10.9 Å². The van der Waals surface area contributed by atoms with E-state index in [1.807, 2.05) is 0 Å². The molecule has 0 N–H and O–H groups in total. The molecule has 0 fully saturated rings. The first-order valence-corrected chi connectivity index (χ1v) is 10.3. The summed E-state index contributed by atoms with van der Waals surface area (Å²) in [6.45, 7) is 0. The standard InChI is InChI=1S/C27H19Br/c28-24-11-6-10-20(17-24)21-13-14-26-23(15-19-7-2-1-3-8-19)16-22-9-4-5-12-25(22)27(26)18-21/h1-14,16-18H,15H2. The lowest BCUT2D eigenvalue weighted by atomic mass is 9.91. The molecule has 0 aliphatic rings. The van der Waals surface area contributed by atoms with E-state index in [4.69, 9.17) is 0 Å². The maximum atomic E-state index is 3.60. The number of rotatable bonds is 3. The van der Waals surface area contributed by atoms with Gasteiger partial charge < -0.3 is 0 Å². The van der Waals surface area contributed by atoms with Gasteiger partial charge in [-0.15, -0.1) is 0 Å². The summed E-state index contributed by atoms with van der Waals surface area (Å²) in [6.07, 6.45) is 0.943. The zero-order chi connectivity index (χ0) is 18.9. The summed E-state index contributed by atoms with van der Waals surface area (Å²) in [7, 11) is 0. The molecule has 0 heterocycles. The molecule has 0 amide bonds. The zero-order valence-electron chi connectivity index (χ0n) is 15.4. The van der Waals surface area contributed by atoms with E-state index in [-0.39, 0.29) is 0 Å². The van der Waals surface area contributed by atoms with Crippen molar-refractivity contribution in [1.82, 2.24) is 0 Å². The topological polar surface area (TPSA) is 0 Å². The highest BCUT2D eigenvalue weighted by Crippen LogP contribution is 2.34. The Kier molecular flexibility index (Phi) is 4.46. The van der Waals surface area contributed by atoms with Crippen LogP contribution in [0, 0.1) is 0 Å². The molecule has 0 saturated heterocycles. The lowest BCUT2D eigenvalue weighted by Gasteiger charge is -2.13. The molecule has 5 rings (SSSR count). The van der Waals surface area contributed by atoms with Gasteiger partial charge in [0, 0.05) is 4.47 Å². The normalized spacial score (nSPS) is 11.2. The predicted molar refractivity (Wildman–Crippen MR) is 124 cm³/mol. The van der Waals surface area contributed by atoms with Gasteiger partial charge in [-0.25, -0.2) is 0 Å². The second kappa shape index (κ2) is 7.26. The van der Waals surface area contributed by atoms with Crippen molar-refractivity contribution < 1.29 is 0 Å². The lowest BCUT2D eigenvalue weighted by molar-refractivity contribution is 1.22. The molecule has 28 heavy (non-hydrogen) atoms. The van der Waals surface area contributed by atoms with E-state index < -0.39 is 0 Å². The van der Waals surface area contributed by atoms with Crippen LogP contribution in [0.4, 0.5) is 0 Å². The van der Waals surface area contributed by atoms with Crippen molar-refractivity contribution in [3.63, 3.8) is 0 Å². The van der Waals surface area contributed by atoms with Crippen LogP contribution in [0.25, 0.3) is 32.7 Å². The highest BCUT2D eigenvalue weighted by Gasteiger charge is 2.09. The van der Waals surface area contributed by atoms with Crippen molar-refractivity contribution in [2.24, 2.45) is 0 Å². The molecular formula is C27H19Br. The summed E-state index contributed by atoms with van der Waals surface area (Å²) in [5, 5.41) is 5.27. The second-order valence-electron chi connectivity index (χ2n) is 7.19. The smallest absolute Gasteiger partial charge is 0.0181 e. The Morgan fingerprint density at radius 3 is 2.18 bits per heavy atom. The van der Waals surface area contributed by atoms with Gasteiger partial charge in [0.25, 0.3) is 0 Å². The summed E-state index contributed by atoms with van der Waals surface area (Å²) in [4.78, 5) is 0. The number of benzene rings is 5. The Labute approximate surface area is 173 Å². The molecular weight excluding hydrogens is 404 g/mol. The first kappa shape index (κ1) is 17.2. The van der Waals surface area contributed by atoms with Crippen LogP contribution in [0.3, 0.4) is 0 Å². The van der Waals surface area contributed by atoms with Crippen LogP contribution in [0.5, 0.6) is 0 Å². The van der Waals surface area contributed by atoms with Crippen molar-refractivity contribution in [2.75, 3.05) is 0 Å². The minimum atomic E-state index is 0.943. The average Bonchev–Trinajstić information content (AvgIpc) is 2.74. The van der Waals surface area contributed by atoms with Crippen LogP contribution < -0.4 is 0 Å². The van der Waals surface area contributed by atoms with Crippen molar-refractivity contribution in [2.45, 2.75) is 6.42 Å². The van der Waals surface area contributed by atoms with Crippen LogP contribution in [-0.4, -0.2) is 0 Å². The molecule has 0 nitrogen and oxygen atoms in total. The van der Waals surface area contributed by atoms with E-state index in [1.54, 1.807) is 0 Å². The van der Waals surface area contributed by atoms with Gasteiger partial charge in [0.1, 0.15) is 0 Å². The first-order valence-electron chi connectivity index (χ1n) is 9.52. The van der Waals surface area contributed by atoms with Gasteiger partial charge in [-0.2, -0.15) is 0 Å². The number of hydrogen-bond donors (Lipinski definition) is 0. The van der Waals surface area contributed by atoms with Gasteiger partial charge in [0.05, 0.1) is 0 Å². The Morgan fingerprint density at radius 1 is 0.536 bits per heavy atom. The fourth-order valence-corrected chi connectivity index (χ4v) is 4.39. The highest BCUT2D eigenvalue weighted by molar-refractivity contribution is 9.10. The molecule has 134 valence electrons. The molecule has 0 atom stereocenters. The largest absolute Gasteiger partial charge is 0.0622 e. The third kappa shape index (κ3) is 3.23. The third-order valence-corrected chi connectivity index (χ3v) is 5.83. The molecule has 0 aliphatic carbocycles. The molecule has 0 aromatic heterocycles. The zero-order valence-corrected chi connectivity index (χ0v) is 17.0. The first-order chi connectivity index (χ1) is 13.8. The second-order valence-corrected chi connectivity index (χ2v) is 8.11. The monoisotopic (exact) mass is 422 g/mol. The molecule has 0 aliphatic heterocycles. The Bertz CT molecular complexity index is 1290. The third-order valence-electron chi connectivity index (χ3n) is 5.34. The van der Waals surface area contributed by atoms with E-state index in [9.17, 15) is 0 Å². The van der Waals surface area contributed by atoms with Crippen molar-refractivity contribution in [3.05, 3.63) is 119 Å². The van der Waals surface area contributed by atoms with Crippen LogP contribution >= 0.6 is 15.9 Å². The van der Waals surface area contributed by atoms with Gasteiger partial charge in [0.15, 0.2) is 0 Å². The molecule has 0 bridgehead atoms. The maximum absolute atomic E-state index is 3.60. The minimum absolute atomic E-state index is 0.943. The van der Waals surface area contributed by atoms with E-state index in [0.29, 0.717) is 0 Å². The summed E-state index contributed by atoms with van der Waals surface area (Å²) in [6, 6.07) is 37.1. The molecule has 0 unspecified atom stereocenters. The highest BCUT2D eigenvalue weighted by atomic mass is 79.9. The molecule has 5 aromatic rings.